The number of rotatable bonds is 6. The number of carbonyl (C=O) groups is 1. The number of hydrogen-bond acceptors (Lipinski definition) is 2. The van der Waals surface area contributed by atoms with Crippen LogP contribution in [-0.2, 0) is 11.2 Å². The Morgan fingerprint density at radius 2 is 2.00 bits per heavy atom. The van der Waals surface area contributed by atoms with Crippen LogP contribution in [0, 0.1) is 0 Å². The van der Waals surface area contributed by atoms with Crippen LogP contribution in [0.5, 0.6) is 0 Å². The molecule has 17 heavy (non-hydrogen) atoms. The molecule has 0 radical (unpaired) electrons. The van der Waals surface area contributed by atoms with Crippen LogP contribution in [0.1, 0.15) is 24.8 Å². The largest absolute Gasteiger partial charge is 0.289 e. The van der Waals surface area contributed by atoms with Crippen LogP contribution in [0.4, 0.5) is 0 Å². The number of halogens is 1. The first-order valence-corrected chi connectivity index (χ1v) is 6.59. The zero-order valence-electron chi connectivity index (χ0n) is 10.4. The average Bonchev–Trinajstić information content (AvgIpc) is 2.25. The lowest BCUT2D eigenvalue weighted by molar-refractivity contribution is -0.124. The predicted molar refractivity (Wildman–Crippen MR) is 73.5 cm³/mol. The van der Waals surface area contributed by atoms with E-state index in [1.807, 2.05) is 32.3 Å². The topological polar surface area (TPSA) is 32.3 Å². The fourth-order valence-electron chi connectivity index (χ4n) is 1.61. The van der Waals surface area contributed by atoms with E-state index in [0.717, 1.165) is 23.7 Å². The molecule has 0 bridgehead atoms. The first-order valence-electron chi connectivity index (χ1n) is 5.80. The van der Waals surface area contributed by atoms with Gasteiger partial charge in [-0.1, -0.05) is 34.1 Å². The highest BCUT2D eigenvalue weighted by Crippen LogP contribution is 2.18. The van der Waals surface area contributed by atoms with E-state index >= 15 is 0 Å². The molecule has 0 atom stereocenters. The summed E-state index contributed by atoms with van der Waals surface area (Å²) in [5, 5.41) is 1.68. The van der Waals surface area contributed by atoms with E-state index in [-0.39, 0.29) is 5.91 Å². The molecule has 1 aromatic carbocycles. The molecule has 1 aromatic rings. The van der Waals surface area contributed by atoms with Crippen molar-refractivity contribution >= 4 is 21.8 Å². The first kappa shape index (κ1) is 14.2. The van der Waals surface area contributed by atoms with Crippen molar-refractivity contribution < 1.29 is 4.79 Å². The van der Waals surface area contributed by atoms with E-state index in [1.54, 1.807) is 5.01 Å². The quantitative estimate of drug-likeness (QED) is 0.647. The molecule has 1 amide bonds. The Kier molecular flexibility index (Phi) is 6.22. The predicted octanol–water partition coefficient (Wildman–Crippen LogP) is 2.75. The van der Waals surface area contributed by atoms with Crippen molar-refractivity contribution in [2.24, 2.45) is 0 Å². The third kappa shape index (κ3) is 5.84. The maximum Gasteiger partial charge on any atom is 0.234 e. The molecule has 0 heterocycles. The van der Waals surface area contributed by atoms with E-state index in [4.69, 9.17) is 0 Å². The Labute approximate surface area is 111 Å². The number of amides is 1. The number of nitrogens with zero attached hydrogens (tertiary/aromatic N) is 1. The monoisotopic (exact) mass is 298 g/mol. The Morgan fingerprint density at radius 3 is 2.65 bits per heavy atom. The minimum atomic E-state index is 0.0853. The van der Waals surface area contributed by atoms with Gasteiger partial charge in [-0.15, -0.1) is 0 Å². The molecular weight excluding hydrogens is 280 g/mol. The van der Waals surface area contributed by atoms with Crippen molar-refractivity contribution in [3.8, 4) is 0 Å². The third-order valence-electron chi connectivity index (χ3n) is 2.41. The number of unbranched alkanes of at least 4 members (excludes halogenated alkanes) is 1. The van der Waals surface area contributed by atoms with Gasteiger partial charge < -0.3 is 0 Å². The number of hydrogen-bond donors (Lipinski definition) is 1. The Balaban J connectivity index is 2.21. The molecule has 0 aliphatic carbocycles. The summed E-state index contributed by atoms with van der Waals surface area (Å²) < 4.78 is 1.15. The zero-order valence-corrected chi connectivity index (χ0v) is 12.0. The van der Waals surface area contributed by atoms with Gasteiger partial charge >= 0.3 is 0 Å². The Hall–Kier alpha value is -0.870. The SMILES string of the molecule is CN(C)NC(=O)CCCCc1ccccc1Br. The van der Waals surface area contributed by atoms with Crippen LogP contribution in [0.25, 0.3) is 0 Å². The second-order valence-corrected chi connectivity index (χ2v) is 5.08. The lowest BCUT2D eigenvalue weighted by Gasteiger charge is -2.11. The maximum absolute atomic E-state index is 11.4. The molecule has 0 aromatic heterocycles. The van der Waals surface area contributed by atoms with Crippen molar-refractivity contribution in [2.75, 3.05) is 14.1 Å². The number of aryl methyl sites for hydroxylation is 1. The van der Waals surface area contributed by atoms with Gasteiger partial charge in [0.1, 0.15) is 0 Å². The van der Waals surface area contributed by atoms with Gasteiger partial charge in [-0.2, -0.15) is 0 Å². The van der Waals surface area contributed by atoms with Crippen molar-refractivity contribution in [2.45, 2.75) is 25.7 Å². The summed E-state index contributed by atoms with van der Waals surface area (Å²) >= 11 is 3.52. The van der Waals surface area contributed by atoms with Gasteiger partial charge in [-0.25, -0.2) is 5.01 Å². The van der Waals surface area contributed by atoms with Crippen LogP contribution < -0.4 is 5.43 Å². The molecule has 0 aliphatic heterocycles. The van der Waals surface area contributed by atoms with Gasteiger partial charge in [0.15, 0.2) is 0 Å². The van der Waals surface area contributed by atoms with Crippen LogP contribution in [0.3, 0.4) is 0 Å². The molecular formula is C13H19BrN2O. The maximum atomic E-state index is 11.4. The lowest BCUT2D eigenvalue weighted by atomic mass is 10.1. The van der Waals surface area contributed by atoms with Gasteiger partial charge in [-0.3, -0.25) is 10.2 Å². The number of nitrogens with one attached hydrogen (secondary N) is 1. The van der Waals surface area contributed by atoms with E-state index < -0.39 is 0 Å². The van der Waals surface area contributed by atoms with E-state index in [0.29, 0.717) is 6.42 Å². The fraction of sp³-hybridized carbons (Fsp3) is 0.462. The second kappa shape index (κ2) is 7.45. The number of carbonyl (C=O) groups excluding carboxylic acids is 1. The van der Waals surface area contributed by atoms with Crippen LogP contribution in [0.2, 0.25) is 0 Å². The fourth-order valence-corrected chi connectivity index (χ4v) is 2.09. The summed E-state index contributed by atoms with van der Waals surface area (Å²) in [7, 11) is 3.64. The van der Waals surface area contributed by atoms with Gasteiger partial charge in [0.25, 0.3) is 0 Å². The second-order valence-electron chi connectivity index (χ2n) is 4.23. The summed E-state index contributed by atoms with van der Waals surface area (Å²) in [4.78, 5) is 11.4. The highest BCUT2D eigenvalue weighted by atomic mass is 79.9. The van der Waals surface area contributed by atoms with Gasteiger partial charge in [-0.05, 0) is 30.9 Å². The molecule has 3 nitrogen and oxygen atoms in total. The minimum Gasteiger partial charge on any atom is -0.289 e. The average molecular weight is 299 g/mol. The normalized spacial score (nSPS) is 10.6. The molecule has 0 fully saturated rings. The van der Waals surface area contributed by atoms with Crippen molar-refractivity contribution in [3.63, 3.8) is 0 Å². The number of benzene rings is 1. The van der Waals surface area contributed by atoms with Gasteiger partial charge in [0, 0.05) is 25.0 Å². The lowest BCUT2D eigenvalue weighted by Crippen LogP contribution is -2.35. The number of hydrazine groups is 1. The minimum absolute atomic E-state index is 0.0853. The molecule has 0 saturated heterocycles. The molecule has 94 valence electrons. The summed E-state index contributed by atoms with van der Waals surface area (Å²) in [6.45, 7) is 0. The summed E-state index contributed by atoms with van der Waals surface area (Å²) in [5.74, 6) is 0.0853. The van der Waals surface area contributed by atoms with E-state index in [1.165, 1.54) is 5.56 Å². The molecule has 0 saturated carbocycles. The molecule has 0 aliphatic rings. The van der Waals surface area contributed by atoms with Crippen molar-refractivity contribution in [1.29, 1.82) is 0 Å². The highest BCUT2D eigenvalue weighted by molar-refractivity contribution is 9.10. The molecule has 4 heteroatoms. The summed E-state index contributed by atoms with van der Waals surface area (Å²) in [6.07, 6.45) is 3.55. The highest BCUT2D eigenvalue weighted by Gasteiger charge is 2.02. The van der Waals surface area contributed by atoms with Crippen LogP contribution in [-0.4, -0.2) is 25.0 Å². The Bertz CT molecular complexity index is 366. The van der Waals surface area contributed by atoms with E-state index in [2.05, 4.69) is 27.4 Å². The summed E-state index contributed by atoms with van der Waals surface area (Å²) in [5.41, 5.74) is 4.04. The third-order valence-corrected chi connectivity index (χ3v) is 3.18. The molecule has 1 rings (SSSR count). The molecule has 0 spiro atoms. The van der Waals surface area contributed by atoms with Gasteiger partial charge in [0.05, 0.1) is 0 Å². The zero-order chi connectivity index (χ0) is 12.7. The molecule has 0 unspecified atom stereocenters. The standard InChI is InChI=1S/C13H19BrN2O/c1-16(2)15-13(17)10-6-4-8-11-7-3-5-9-12(11)14/h3,5,7,9H,4,6,8,10H2,1-2H3,(H,15,17). The van der Waals surface area contributed by atoms with Crippen LogP contribution >= 0.6 is 15.9 Å². The van der Waals surface area contributed by atoms with E-state index in [9.17, 15) is 4.79 Å². The molecule has 1 N–H and O–H groups in total. The smallest absolute Gasteiger partial charge is 0.234 e. The van der Waals surface area contributed by atoms with Gasteiger partial charge in [0.2, 0.25) is 5.91 Å². The van der Waals surface area contributed by atoms with Crippen molar-refractivity contribution in [3.05, 3.63) is 34.3 Å². The first-order chi connectivity index (χ1) is 8.09. The Morgan fingerprint density at radius 1 is 1.29 bits per heavy atom. The van der Waals surface area contributed by atoms with Crippen LogP contribution in [0.15, 0.2) is 28.7 Å². The van der Waals surface area contributed by atoms with Crippen molar-refractivity contribution in [1.82, 2.24) is 10.4 Å². The summed E-state index contributed by atoms with van der Waals surface area (Å²) in [6, 6.07) is 8.22.